The zero-order chi connectivity index (χ0) is 17.1. The molecule has 0 amide bonds. The first-order valence-electron chi connectivity index (χ1n) is 6.75. The normalized spacial score (nSPS) is 10.4. The van der Waals surface area contributed by atoms with Gasteiger partial charge in [0.25, 0.3) is 0 Å². The second kappa shape index (κ2) is 6.64. The molecule has 0 radical (unpaired) electrons. The van der Waals surface area contributed by atoms with E-state index in [0.717, 1.165) is 0 Å². The van der Waals surface area contributed by atoms with E-state index in [2.05, 4.69) is 15.4 Å². The van der Waals surface area contributed by atoms with Gasteiger partial charge in [0.05, 0.1) is 5.02 Å². The Morgan fingerprint density at radius 2 is 2.04 bits per heavy atom. The fourth-order valence-electron chi connectivity index (χ4n) is 2.09. The quantitative estimate of drug-likeness (QED) is 0.778. The van der Waals surface area contributed by atoms with Crippen LogP contribution in [0.15, 0.2) is 36.4 Å². The summed E-state index contributed by atoms with van der Waals surface area (Å²) in [4.78, 5) is 0. The van der Waals surface area contributed by atoms with E-state index < -0.39 is 11.6 Å². The molecule has 8 heteroatoms. The van der Waals surface area contributed by atoms with Gasteiger partial charge >= 0.3 is 0 Å². The molecule has 3 aromatic rings. The molecule has 0 aliphatic carbocycles. The van der Waals surface area contributed by atoms with Crippen molar-refractivity contribution in [3.8, 4) is 23.1 Å². The number of nitrogens with zero attached hydrogens (tertiary/aromatic N) is 3. The summed E-state index contributed by atoms with van der Waals surface area (Å²) < 4.78 is 32.7. The van der Waals surface area contributed by atoms with E-state index in [9.17, 15) is 8.78 Å². The molecule has 0 aliphatic heterocycles. The lowest BCUT2D eigenvalue weighted by atomic mass is 10.1. The van der Waals surface area contributed by atoms with Gasteiger partial charge in [-0.2, -0.15) is 5.26 Å². The van der Waals surface area contributed by atoms with Gasteiger partial charge in [-0.25, -0.2) is 13.9 Å². The van der Waals surface area contributed by atoms with Crippen LogP contribution in [0.25, 0.3) is 11.3 Å². The summed E-state index contributed by atoms with van der Waals surface area (Å²) in [5.41, 5.74) is 1.23. The third kappa shape index (κ3) is 3.34. The summed E-state index contributed by atoms with van der Waals surface area (Å²) in [7, 11) is 0. The predicted molar refractivity (Wildman–Crippen MR) is 82.2 cm³/mol. The van der Waals surface area contributed by atoms with E-state index in [1.54, 1.807) is 6.07 Å². The van der Waals surface area contributed by atoms with Crippen molar-refractivity contribution < 1.29 is 13.5 Å². The van der Waals surface area contributed by atoms with Gasteiger partial charge in [0.15, 0.2) is 5.69 Å². The highest BCUT2D eigenvalue weighted by Gasteiger charge is 2.12. The number of hydrogen-bond acceptors (Lipinski definition) is 4. The number of aromatic amines is 1. The lowest BCUT2D eigenvalue weighted by Gasteiger charge is -2.08. The first-order valence-corrected chi connectivity index (χ1v) is 7.13. The summed E-state index contributed by atoms with van der Waals surface area (Å²) in [5, 5.41) is 18.7. The summed E-state index contributed by atoms with van der Waals surface area (Å²) in [6, 6.07) is 10.1. The minimum absolute atomic E-state index is 0.0156. The van der Waals surface area contributed by atoms with Crippen molar-refractivity contribution in [2.75, 3.05) is 0 Å². The van der Waals surface area contributed by atoms with Crippen LogP contribution in [0.2, 0.25) is 5.02 Å². The van der Waals surface area contributed by atoms with Crippen LogP contribution in [-0.4, -0.2) is 15.4 Å². The van der Waals surface area contributed by atoms with Crippen molar-refractivity contribution in [3.05, 3.63) is 64.3 Å². The highest BCUT2D eigenvalue weighted by molar-refractivity contribution is 6.30. The number of halogens is 3. The molecule has 24 heavy (non-hydrogen) atoms. The van der Waals surface area contributed by atoms with E-state index >= 15 is 0 Å². The van der Waals surface area contributed by atoms with Crippen LogP contribution in [0, 0.1) is 23.0 Å². The first kappa shape index (κ1) is 15.9. The zero-order valence-corrected chi connectivity index (χ0v) is 12.8. The molecule has 1 aromatic heterocycles. The van der Waals surface area contributed by atoms with Crippen LogP contribution in [0.3, 0.4) is 0 Å². The van der Waals surface area contributed by atoms with Crippen LogP contribution >= 0.6 is 11.6 Å². The summed E-state index contributed by atoms with van der Waals surface area (Å²) in [6.45, 7) is 0.0287. The predicted octanol–water partition coefficient (Wildman–Crippen LogP) is 3.85. The maximum atomic E-state index is 13.8. The number of ether oxygens (including phenoxy) is 1. The summed E-state index contributed by atoms with van der Waals surface area (Å²) in [6.07, 6.45) is 0. The standard InChI is InChI=1S/C16H9ClF2N4O/c17-13-2-1-9(3-14(13)19)8-24-12-5-10(4-11(18)6-12)16-15(7-20)21-23-22-16/h1-6H,8H2,(H,21,22,23). The molecule has 5 nitrogen and oxygen atoms in total. The smallest absolute Gasteiger partial charge is 0.163 e. The molecular formula is C16H9ClF2N4O. The van der Waals surface area contributed by atoms with Crippen molar-refractivity contribution in [2.24, 2.45) is 0 Å². The number of hydrogen-bond donors (Lipinski definition) is 1. The molecule has 0 unspecified atom stereocenters. The maximum Gasteiger partial charge on any atom is 0.163 e. The molecule has 0 fully saturated rings. The molecule has 1 N–H and O–H groups in total. The largest absolute Gasteiger partial charge is 0.489 e. The van der Waals surface area contributed by atoms with Crippen LogP contribution in [0.1, 0.15) is 11.3 Å². The number of rotatable bonds is 4. The summed E-state index contributed by atoms with van der Waals surface area (Å²) in [5.74, 6) is -0.900. The van der Waals surface area contributed by atoms with Gasteiger partial charge in [-0.05, 0) is 29.8 Å². The number of aromatic nitrogens is 3. The van der Waals surface area contributed by atoms with E-state index in [1.165, 1.54) is 30.3 Å². The third-order valence-electron chi connectivity index (χ3n) is 3.19. The minimum Gasteiger partial charge on any atom is -0.489 e. The Bertz CT molecular complexity index is 936. The highest BCUT2D eigenvalue weighted by atomic mass is 35.5. The Hall–Kier alpha value is -2.98. The molecule has 0 saturated heterocycles. The molecule has 0 bridgehead atoms. The van der Waals surface area contributed by atoms with Gasteiger partial charge in [0.1, 0.15) is 35.8 Å². The Morgan fingerprint density at radius 1 is 1.21 bits per heavy atom. The monoisotopic (exact) mass is 346 g/mol. The fourth-order valence-corrected chi connectivity index (χ4v) is 2.20. The third-order valence-corrected chi connectivity index (χ3v) is 3.50. The molecule has 120 valence electrons. The van der Waals surface area contributed by atoms with E-state index in [4.69, 9.17) is 21.6 Å². The van der Waals surface area contributed by atoms with Gasteiger partial charge in [-0.3, -0.25) is 0 Å². The second-order valence-corrected chi connectivity index (χ2v) is 5.27. The topological polar surface area (TPSA) is 74.6 Å². The van der Waals surface area contributed by atoms with Crippen LogP contribution in [-0.2, 0) is 6.61 Å². The lowest BCUT2D eigenvalue weighted by molar-refractivity contribution is 0.304. The minimum atomic E-state index is -0.559. The van der Waals surface area contributed by atoms with Gasteiger partial charge < -0.3 is 4.74 Å². The van der Waals surface area contributed by atoms with Crippen molar-refractivity contribution in [1.29, 1.82) is 5.26 Å². The molecule has 2 aromatic carbocycles. The maximum absolute atomic E-state index is 13.8. The number of H-pyrrole nitrogens is 1. The Balaban J connectivity index is 1.84. The average Bonchev–Trinajstić information content (AvgIpc) is 3.04. The highest BCUT2D eigenvalue weighted by Crippen LogP contribution is 2.26. The van der Waals surface area contributed by atoms with E-state index in [-0.39, 0.29) is 28.8 Å². The average molecular weight is 347 g/mol. The Morgan fingerprint density at radius 3 is 2.79 bits per heavy atom. The molecule has 1 heterocycles. The van der Waals surface area contributed by atoms with Crippen molar-refractivity contribution >= 4 is 11.6 Å². The van der Waals surface area contributed by atoms with Gasteiger partial charge in [0, 0.05) is 11.6 Å². The number of nitriles is 1. The molecular weight excluding hydrogens is 338 g/mol. The zero-order valence-electron chi connectivity index (χ0n) is 12.1. The molecule has 0 saturated carbocycles. The molecule has 0 aliphatic rings. The van der Waals surface area contributed by atoms with Crippen LogP contribution in [0.5, 0.6) is 5.75 Å². The Kier molecular flexibility index (Phi) is 4.40. The molecule has 3 rings (SSSR count). The lowest BCUT2D eigenvalue weighted by Crippen LogP contribution is -1.97. The van der Waals surface area contributed by atoms with E-state index in [1.807, 2.05) is 6.07 Å². The SMILES string of the molecule is N#Cc1[nH]nnc1-c1cc(F)cc(OCc2ccc(Cl)c(F)c2)c1. The summed E-state index contributed by atoms with van der Waals surface area (Å²) >= 11 is 5.62. The van der Waals surface area contributed by atoms with Crippen molar-refractivity contribution in [3.63, 3.8) is 0 Å². The van der Waals surface area contributed by atoms with Crippen LogP contribution < -0.4 is 4.74 Å². The number of benzene rings is 2. The van der Waals surface area contributed by atoms with Crippen molar-refractivity contribution in [2.45, 2.75) is 6.61 Å². The molecule has 0 spiro atoms. The van der Waals surface area contributed by atoms with Gasteiger partial charge in [0.2, 0.25) is 0 Å². The molecule has 0 atom stereocenters. The van der Waals surface area contributed by atoms with E-state index in [0.29, 0.717) is 11.1 Å². The van der Waals surface area contributed by atoms with Gasteiger partial charge in [-0.1, -0.05) is 22.9 Å². The first-order chi connectivity index (χ1) is 11.6. The fraction of sp³-hybridized carbons (Fsp3) is 0.0625. The number of nitrogens with one attached hydrogen (secondary N) is 1. The second-order valence-electron chi connectivity index (χ2n) is 4.86. The van der Waals surface area contributed by atoms with Crippen LogP contribution in [0.4, 0.5) is 8.78 Å². The Labute approximate surface area is 140 Å². The van der Waals surface area contributed by atoms with Crippen molar-refractivity contribution in [1.82, 2.24) is 15.4 Å². The van der Waals surface area contributed by atoms with Gasteiger partial charge in [-0.15, -0.1) is 5.10 Å².